The minimum atomic E-state index is -0.774. The highest BCUT2D eigenvalue weighted by atomic mass is 32.2. The van der Waals surface area contributed by atoms with Gasteiger partial charge in [-0.1, -0.05) is 0 Å². The molecule has 27 heavy (non-hydrogen) atoms. The number of amidine groups is 1. The van der Waals surface area contributed by atoms with Gasteiger partial charge < -0.3 is 15.4 Å². The predicted octanol–water partition coefficient (Wildman–Crippen LogP) is 0.860. The number of carbonyl (C=O) groups is 3. The lowest BCUT2D eigenvalue weighted by Gasteiger charge is -2.22. The summed E-state index contributed by atoms with van der Waals surface area (Å²) in [5.41, 5.74) is 1.95. The van der Waals surface area contributed by atoms with Gasteiger partial charge in [0.2, 0.25) is 11.8 Å². The Kier molecular flexibility index (Phi) is 14.2. The summed E-state index contributed by atoms with van der Waals surface area (Å²) >= 11 is 1.57. The smallest absolute Gasteiger partial charge is 0.328 e. The van der Waals surface area contributed by atoms with Gasteiger partial charge in [0.25, 0.3) is 0 Å². The molecule has 0 aliphatic heterocycles. The van der Waals surface area contributed by atoms with Crippen LogP contribution in [0.25, 0.3) is 0 Å². The van der Waals surface area contributed by atoms with Crippen molar-refractivity contribution in [3.8, 4) is 0 Å². The van der Waals surface area contributed by atoms with Crippen LogP contribution in [0, 0.1) is 0 Å². The fourth-order valence-corrected chi connectivity index (χ4v) is 2.73. The van der Waals surface area contributed by atoms with Crippen LogP contribution in [0.2, 0.25) is 0 Å². The Morgan fingerprint density at radius 1 is 1.11 bits per heavy atom. The van der Waals surface area contributed by atoms with Crippen LogP contribution in [0.15, 0.2) is 4.99 Å². The lowest BCUT2D eigenvalue weighted by Crippen LogP contribution is -2.51. The van der Waals surface area contributed by atoms with Crippen LogP contribution >= 0.6 is 11.8 Å². The minimum Gasteiger partial charge on any atom is -0.464 e. The fraction of sp³-hybridized carbons (Fsp3) is 0.765. The first kappa shape index (κ1) is 25.2. The third-order valence-corrected chi connectivity index (χ3v) is 4.25. The van der Waals surface area contributed by atoms with Gasteiger partial charge in [-0.15, -0.1) is 0 Å². The summed E-state index contributed by atoms with van der Waals surface area (Å²) in [4.78, 5) is 40.1. The Hall–Kier alpha value is -1.81. The quantitative estimate of drug-likeness (QED) is 0.118. The van der Waals surface area contributed by atoms with Crippen molar-refractivity contribution in [1.82, 2.24) is 16.1 Å². The standard InChI is InChI=1S/C17H32N4O5S/c1-5-26-17(24)15(8-6-7-10-18-12(2)21-25)20-16(23)14(9-11-27-4)19-13(3)22/h14-15,25H,5-11H2,1-4H3,(H,18,21)(H,19,22)(H,20,23). The molecule has 2 amide bonds. The molecule has 0 aromatic carbocycles. The van der Waals surface area contributed by atoms with Crippen molar-refractivity contribution in [2.45, 2.75) is 58.5 Å². The molecule has 2 atom stereocenters. The monoisotopic (exact) mass is 404 g/mol. The molecule has 156 valence electrons. The number of rotatable bonds is 13. The number of nitrogens with zero attached hydrogens (tertiary/aromatic N) is 1. The summed E-state index contributed by atoms with van der Waals surface area (Å²) in [6.45, 7) is 5.41. The van der Waals surface area contributed by atoms with Crippen molar-refractivity contribution in [2.24, 2.45) is 4.99 Å². The van der Waals surface area contributed by atoms with Crippen molar-refractivity contribution in [3.63, 3.8) is 0 Å². The molecule has 0 rings (SSSR count). The lowest BCUT2D eigenvalue weighted by atomic mass is 10.1. The number of hydrogen-bond donors (Lipinski definition) is 4. The molecule has 0 aliphatic carbocycles. The first-order valence-corrected chi connectivity index (χ1v) is 10.4. The predicted molar refractivity (Wildman–Crippen MR) is 106 cm³/mol. The molecule has 4 N–H and O–H groups in total. The highest BCUT2D eigenvalue weighted by Crippen LogP contribution is 2.07. The van der Waals surface area contributed by atoms with Crippen LogP contribution in [0.5, 0.6) is 0 Å². The van der Waals surface area contributed by atoms with Crippen molar-refractivity contribution >= 4 is 35.4 Å². The second-order valence-corrected chi connectivity index (χ2v) is 6.91. The molecule has 9 nitrogen and oxygen atoms in total. The van der Waals surface area contributed by atoms with E-state index in [1.165, 1.54) is 6.92 Å². The number of carbonyl (C=O) groups excluding carboxylic acids is 3. The zero-order chi connectivity index (χ0) is 20.7. The summed E-state index contributed by atoms with van der Waals surface area (Å²) in [5, 5.41) is 14.0. The van der Waals surface area contributed by atoms with Crippen LogP contribution in [-0.2, 0) is 19.1 Å². The molecule has 0 aromatic rings. The van der Waals surface area contributed by atoms with Crippen LogP contribution in [0.1, 0.15) is 46.5 Å². The van der Waals surface area contributed by atoms with E-state index >= 15 is 0 Å². The van der Waals surface area contributed by atoms with Gasteiger partial charge in [-0.25, -0.2) is 4.79 Å². The summed E-state index contributed by atoms with van der Waals surface area (Å²) in [7, 11) is 0. The van der Waals surface area contributed by atoms with Crippen LogP contribution in [-0.4, -0.2) is 66.1 Å². The topological polar surface area (TPSA) is 129 Å². The largest absolute Gasteiger partial charge is 0.464 e. The second kappa shape index (κ2) is 15.3. The molecule has 0 aromatic heterocycles. The first-order chi connectivity index (χ1) is 12.8. The Morgan fingerprint density at radius 3 is 2.37 bits per heavy atom. The van der Waals surface area contributed by atoms with E-state index in [1.807, 2.05) is 11.7 Å². The molecular weight excluding hydrogens is 372 g/mol. The normalized spacial score (nSPS) is 13.4. The third kappa shape index (κ3) is 12.2. The first-order valence-electron chi connectivity index (χ1n) is 8.99. The Balaban J connectivity index is 4.78. The molecule has 0 saturated carbocycles. The van der Waals surface area contributed by atoms with E-state index in [0.717, 1.165) is 0 Å². The van der Waals surface area contributed by atoms with Gasteiger partial charge in [0.15, 0.2) is 0 Å². The van der Waals surface area contributed by atoms with E-state index < -0.39 is 24.0 Å². The molecule has 10 heteroatoms. The molecule has 0 radical (unpaired) electrons. The number of hydrogen-bond acceptors (Lipinski definition) is 7. The van der Waals surface area contributed by atoms with Crippen molar-refractivity contribution < 1.29 is 24.3 Å². The van der Waals surface area contributed by atoms with E-state index in [4.69, 9.17) is 9.94 Å². The van der Waals surface area contributed by atoms with Gasteiger partial charge in [0.05, 0.1) is 6.61 Å². The summed E-state index contributed by atoms with van der Waals surface area (Å²) in [5.74, 6) is -0.0601. The minimum absolute atomic E-state index is 0.221. The van der Waals surface area contributed by atoms with Crippen LogP contribution < -0.4 is 16.1 Å². The molecule has 0 spiro atoms. The van der Waals surface area contributed by atoms with E-state index in [-0.39, 0.29) is 12.5 Å². The van der Waals surface area contributed by atoms with Crippen molar-refractivity contribution in [3.05, 3.63) is 0 Å². The lowest BCUT2D eigenvalue weighted by molar-refractivity contribution is -0.147. The molecule has 0 aliphatic rings. The zero-order valence-electron chi connectivity index (χ0n) is 16.5. The summed E-state index contributed by atoms with van der Waals surface area (Å²) < 4.78 is 5.04. The number of ether oxygens (including phenoxy) is 1. The molecule has 0 saturated heterocycles. The van der Waals surface area contributed by atoms with E-state index in [1.54, 1.807) is 25.6 Å². The maximum absolute atomic E-state index is 12.5. The average Bonchev–Trinajstić information content (AvgIpc) is 2.63. The van der Waals surface area contributed by atoms with Gasteiger partial charge in [0, 0.05) is 13.5 Å². The fourth-order valence-electron chi connectivity index (χ4n) is 2.26. The van der Waals surface area contributed by atoms with E-state index in [9.17, 15) is 14.4 Å². The Bertz CT molecular complexity index is 502. The SMILES string of the molecule is CCOC(=O)C(CCCCN=C(C)NO)NC(=O)C(CCSC)NC(C)=O. The third-order valence-electron chi connectivity index (χ3n) is 3.60. The summed E-state index contributed by atoms with van der Waals surface area (Å²) in [6, 6.07) is -1.46. The highest BCUT2D eigenvalue weighted by molar-refractivity contribution is 7.98. The highest BCUT2D eigenvalue weighted by Gasteiger charge is 2.26. The van der Waals surface area contributed by atoms with Crippen molar-refractivity contribution in [2.75, 3.05) is 25.2 Å². The molecule has 0 fully saturated rings. The van der Waals surface area contributed by atoms with Crippen LogP contribution in [0.3, 0.4) is 0 Å². The Morgan fingerprint density at radius 2 is 1.81 bits per heavy atom. The van der Waals surface area contributed by atoms with Gasteiger partial charge in [-0.3, -0.25) is 25.3 Å². The number of hydroxylamine groups is 1. The van der Waals surface area contributed by atoms with E-state index in [0.29, 0.717) is 43.8 Å². The number of aliphatic imine (C=N–C) groups is 1. The maximum atomic E-state index is 12.5. The van der Waals surface area contributed by atoms with Gasteiger partial charge in [-0.05, 0) is 51.5 Å². The number of esters is 1. The Labute approximate surface area is 165 Å². The zero-order valence-corrected chi connectivity index (χ0v) is 17.4. The number of amides is 2. The van der Waals surface area contributed by atoms with Gasteiger partial charge in [0.1, 0.15) is 17.9 Å². The molecule has 2 unspecified atom stereocenters. The number of unbranched alkanes of at least 4 members (excludes halogenated alkanes) is 1. The van der Waals surface area contributed by atoms with Crippen molar-refractivity contribution in [1.29, 1.82) is 0 Å². The maximum Gasteiger partial charge on any atom is 0.328 e. The molecule has 0 bridgehead atoms. The molecular formula is C17H32N4O5S. The second-order valence-electron chi connectivity index (χ2n) is 5.92. The van der Waals surface area contributed by atoms with Crippen LogP contribution in [0.4, 0.5) is 0 Å². The van der Waals surface area contributed by atoms with E-state index in [2.05, 4.69) is 15.6 Å². The van der Waals surface area contributed by atoms with Gasteiger partial charge >= 0.3 is 5.97 Å². The van der Waals surface area contributed by atoms with Gasteiger partial charge in [-0.2, -0.15) is 11.8 Å². The number of nitrogens with one attached hydrogen (secondary N) is 3. The summed E-state index contributed by atoms with van der Waals surface area (Å²) in [6.07, 6.45) is 4.12. The average molecular weight is 405 g/mol. The molecule has 0 heterocycles. The number of thioether (sulfide) groups is 1.